The molecule has 2 aliphatic heterocycles. The summed E-state index contributed by atoms with van der Waals surface area (Å²) in [6, 6.07) is 1.07. The van der Waals surface area contributed by atoms with E-state index in [0.717, 1.165) is 12.8 Å². The Balaban J connectivity index is 0.000000481. The fraction of sp³-hybridized carbons (Fsp3) is 0.562. The Bertz CT molecular complexity index is 793. The monoisotopic (exact) mass is 403 g/mol. The number of phenols is 3. The van der Waals surface area contributed by atoms with Crippen molar-refractivity contribution in [3.8, 4) is 17.2 Å². The van der Waals surface area contributed by atoms with Crippen LogP contribution in [-0.2, 0) is 20.8 Å². The van der Waals surface area contributed by atoms with Gasteiger partial charge in [-0.15, -0.1) is 0 Å². The highest BCUT2D eigenvalue weighted by Gasteiger charge is 2.53. The second-order valence-electron chi connectivity index (χ2n) is 7.11. The van der Waals surface area contributed by atoms with Crippen molar-refractivity contribution in [2.24, 2.45) is 0 Å². The van der Waals surface area contributed by atoms with Crippen LogP contribution in [0.15, 0.2) is 6.07 Å². The molecule has 4 atom stereocenters. The van der Waals surface area contributed by atoms with E-state index >= 15 is 0 Å². The van der Waals surface area contributed by atoms with Crippen molar-refractivity contribution in [2.45, 2.75) is 56.6 Å². The van der Waals surface area contributed by atoms with Gasteiger partial charge in [0, 0.05) is 5.92 Å². The number of carbonyl (C=O) groups excluding carboxylic acids is 1. The quantitative estimate of drug-likeness (QED) is 0.273. The fourth-order valence-electron chi connectivity index (χ4n) is 4.09. The van der Waals surface area contributed by atoms with Gasteiger partial charge in [0.15, 0.2) is 17.3 Å². The number of amides is 1. The van der Waals surface area contributed by atoms with Gasteiger partial charge in [-0.25, -0.2) is 0 Å². The van der Waals surface area contributed by atoms with E-state index in [2.05, 4.69) is 5.32 Å². The van der Waals surface area contributed by atoms with Crippen LogP contribution in [0, 0.1) is 0 Å². The van der Waals surface area contributed by atoms with E-state index in [9.17, 15) is 20.1 Å². The van der Waals surface area contributed by atoms with Crippen LogP contribution >= 0.6 is 0 Å². The lowest BCUT2D eigenvalue weighted by Gasteiger charge is -2.42. The zero-order chi connectivity index (χ0) is 20.1. The second-order valence-corrected chi connectivity index (χ2v) is 7.57. The molecule has 1 saturated carbocycles. The van der Waals surface area contributed by atoms with Crippen molar-refractivity contribution >= 4 is 17.3 Å². The van der Waals surface area contributed by atoms with Gasteiger partial charge in [-0.1, -0.05) is 0 Å². The minimum Gasteiger partial charge on any atom is -0.504 e. The highest BCUT2D eigenvalue weighted by atomic mass is 32.2. The predicted molar refractivity (Wildman–Crippen MR) is 91.9 cm³/mol. The van der Waals surface area contributed by atoms with Crippen molar-refractivity contribution in [3.05, 3.63) is 17.2 Å². The molecule has 3 unspecified atom stereocenters. The van der Waals surface area contributed by atoms with Crippen LogP contribution in [0.25, 0.3) is 0 Å². The molecule has 1 aromatic rings. The number of ether oxygens (including phenoxy) is 2. The number of hydrogen-bond donors (Lipinski definition) is 6. The van der Waals surface area contributed by atoms with Crippen molar-refractivity contribution in [2.75, 3.05) is 0 Å². The number of aromatic hydroxyl groups is 3. The van der Waals surface area contributed by atoms with Crippen LogP contribution in [0.2, 0.25) is 0 Å². The van der Waals surface area contributed by atoms with Gasteiger partial charge in [-0.3, -0.25) is 13.9 Å². The number of carbonyl (C=O) groups is 1. The van der Waals surface area contributed by atoms with Gasteiger partial charge in [-0.05, 0) is 38.3 Å². The molecule has 150 valence electrons. The van der Waals surface area contributed by atoms with E-state index in [1.54, 1.807) is 0 Å². The molecule has 0 spiro atoms. The van der Waals surface area contributed by atoms with Crippen LogP contribution < -0.4 is 5.32 Å². The Hall–Kier alpha value is -1.92. The topological polar surface area (TPSA) is 166 Å². The molecule has 1 amide bonds. The van der Waals surface area contributed by atoms with Gasteiger partial charge in [0.25, 0.3) is 17.3 Å². The molecule has 2 fully saturated rings. The molecule has 1 aromatic carbocycles. The van der Waals surface area contributed by atoms with Crippen molar-refractivity contribution in [1.82, 2.24) is 5.32 Å². The highest BCUT2D eigenvalue weighted by Crippen LogP contribution is 2.49. The minimum absolute atomic E-state index is 0.0261. The first-order valence-electron chi connectivity index (χ1n) is 8.26. The van der Waals surface area contributed by atoms with Crippen LogP contribution in [0.1, 0.15) is 48.5 Å². The second kappa shape index (κ2) is 6.91. The molecule has 1 aliphatic carbocycles. The normalized spacial score (nSPS) is 30.5. The molecule has 6 N–H and O–H groups in total. The Kier molecular flexibility index (Phi) is 5.08. The molecule has 0 bridgehead atoms. The maximum Gasteiger partial charge on any atom is 0.299 e. The number of phenolic OH excluding ortho intramolecular Hbond substituents is 3. The molecule has 27 heavy (non-hydrogen) atoms. The molecule has 0 aromatic heterocycles. The van der Waals surface area contributed by atoms with E-state index in [-0.39, 0.29) is 29.7 Å². The van der Waals surface area contributed by atoms with Gasteiger partial charge < -0.3 is 30.1 Å². The summed E-state index contributed by atoms with van der Waals surface area (Å²) in [5.74, 6) is -2.98. The summed E-state index contributed by atoms with van der Waals surface area (Å²) >= 11 is -2.61. The average Bonchev–Trinajstić information content (AvgIpc) is 2.86. The number of hydrogen-bond acceptors (Lipinski definition) is 7. The summed E-state index contributed by atoms with van der Waals surface area (Å²) in [6.45, 7) is 3.68. The molecule has 10 nitrogen and oxygen atoms in total. The zero-order valence-electron chi connectivity index (χ0n) is 14.6. The van der Waals surface area contributed by atoms with E-state index in [1.165, 1.54) is 6.07 Å². The average molecular weight is 403 g/mol. The Morgan fingerprint density at radius 1 is 1.15 bits per heavy atom. The molecule has 4 rings (SSSR count). The first kappa shape index (κ1) is 19.8. The van der Waals surface area contributed by atoms with Crippen molar-refractivity contribution in [1.29, 1.82) is 0 Å². The fourth-order valence-corrected chi connectivity index (χ4v) is 4.09. The van der Waals surface area contributed by atoms with Gasteiger partial charge in [-0.2, -0.15) is 4.21 Å². The summed E-state index contributed by atoms with van der Waals surface area (Å²) in [6.07, 6.45) is 1.11. The van der Waals surface area contributed by atoms with E-state index in [0.29, 0.717) is 5.56 Å². The molecular weight excluding hydrogens is 382 g/mol. The number of nitrogens with one attached hydrogen (secondary N) is 1. The lowest BCUT2D eigenvalue weighted by Crippen LogP contribution is -2.56. The maximum atomic E-state index is 12.4. The van der Waals surface area contributed by atoms with Gasteiger partial charge in [0.05, 0.1) is 17.7 Å². The minimum atomic E-state index is -2.61. The molecule has 2 heterocycles. The number of fused-ring (bicyclic) bond motifs is 5. The first-order valence-corrected chi connectivity index (χ1v) is 9.32. The van der Waals surface area contributed by atoms with E-state index in [4.69, 9.17) is 22.8 Å². The van der Waals surface area contributed by atoms with Crippen molar-refractivity contribution in [3.63, 3.8) is 0 Å². The van der Waals surface area contributed by atoms with E-state index in [1.807, 2.05) is 13.8 Å². The lowest BCUT2D eigenvalue weighted by atomic mass is 9.73. The SMILES string of the molecule is CC1(C)OC2CCC3c4cc(O)c(O)c(O)c4C(=O)N[C@H]3C2O1.O=S(O)O. The molecule has 0 radical (unpaired) electrons. The summed E-state index contributed by atoms with van der Waals surface area (Å²) in [5, 5.41) is 32.4. The van der Waals surface area contributed by atoms with Crippen LogP contribution in [-0.4, -0.2) is 58.6 Å². The third kappa shape index (κ3) is 3.60. The highest BCUT2D eigenvalue weighted by molar-refractivity contribution is 7.73. The Labute approximate surface area is 157 Å². The van der Waals surface area contributed by atoms with Crippen LogP contribution in [0.4, 0.5) is 0 Å². The van der Waals surface area contributed by atoms with Crippen LogP contribution in [0.3, 0.4) is 0 Å². The van der Waals surface area contributed by atoms with Gasteiger partial charge in [0.1, 0.15) is 6.10 Å². The maximum absolute atomic E-state index is 12.4. The van der Waals surface area contributed by atoms with Crippen molar-refractivity contribution < 1.29 is 42.9 Å². The summed E-state index contributed by atoms with van der Waals surface area (Å²) < 4.78 is 34.7. The first-order chi connectivity index (χ1) is 12.5. The van der Waals surface area contributed by atoms with Crippen LogP contribution in [0.5, 0.6) is 17.2 Å². The van der Waals surface area contributed by atoms with Gasteiger partial charge >= 0.3 is 0 Å². The summed E-state index contributed by atoms with van der Waals surface area (Å²) in [7, 11) is 0. The number of benzene rings is 1. The third-order valence-electron chi connectivity index (χ3n) is 4.98. The molecule has 3 aliphatic rings. The predicted octanol–water partition coefficient (Wildman–Crippen LogP) is 0.994. The van der Waals surface area contributed by atoms with E-state index < -0.39 is 40.3 Å². The Morgan fingerprint density at radius 3 is 2.41 bits per heavy atom. The lowest BCUT2D eigenvalue weighted by molar-refractivity contribution is -0.147. The summed E-state index contributed by atoms with van der Waals surface area (Å²) in [5.41, 5.74) is 0.566. The third-order valence-corrected chi connectivity index (χ3v) is 4.98. The molecule has 11 heteroatoms. The standard InChI is InChI=1S/C16H19NO6.H2O3S/c1-16(2)22-9-4-3-6-7-5-8(18)12(19)13(20)10(7)15(21)17-11(6)14(9)23-16;1-4(2)3/h5-6,9,11,14,18-20H,3-4H2,1-2H3,(H,17,21);(H2,1,2,3)/t6?,9?,11-,14?;/m1./s1. The number of rotatable bonds is 0. The molecular formula is C16H21NO9S. The smallest absolute Gasteiger partial charge is 0.299 e. The zero-order valence-corrected chi connectivity index (χ0v) is 15.4. The summed E-state index contributed by atoms with van der Waals surface area (Å²) in [4.78, 5) is 12.4. The molecule has 1 saturated heterocycles. The van der Waals surface area contributed by atoms with Gasteiger partial charge in [0.2, 0.25) is 5.75 Å². The largest absolute Gasteiger partial charge is 0.504 e. The Morgan fingerprint density at radius 2 is 1.78 bits per heavy atom.